The first kappa shape index (κ1) is 21.0. The molecule has 2 aromatic heterocycles. The van der Waals surface area contributed by atoms with Crippen molar-refractivity contribution in [2.45, 2.75) is 5.16 Å². The van der Waals surface area contributed by atoms with Gasteiger partial charge in [-0.05, 0) is 47.8 Å². The van der Waals surface area contributed by atoms with Gasteiger partial charge in [0.2, 0.25) is 5.91 Å². The number of thiophene rings is 1. The van der Waals surface area contributed by atoms with E-state index < -0.39 is 0 Å². The molecule has 2 heterocycles. The summed E-state index contributed by atoms with van der Waals surface area (Å²) in [5.74, 6) is 1.12. The Kier molecular flexibility index (Phi) is 6.24. The molecule has 0 saturated carbocycles. The molecule has 1 amide bonds. The van der Waals surface area contributed by atoms with Crippen molar-refractivity contribution in [2.24, 2.45) is 0 Å². The number of hydrogen-bond donors (Lipinski definition) is 1. The number of hydrogen-bond acceptors (Lipinski definition) is 7. The minimum atomic E-state index is -0.226. The third-order valence-corrected chi connectivity index (χ3v) is 6.32. The van der Waals surface area contributed by atoms with Crippen LogP contribution in [-0.2, 0) is 4.79 Å². The lowest BCUT2D eigenvalue weighted by atomic mass is 10.3. The van der Waals surface area contributed by atoms with Crippen molar-refractivity contribution in [1.82, 2.24) is 9.55 Å². The Morgan fingerprint density at radius 2 is 1.87 bits per heavy atom. The van der Waals surface area contributed by atoms with Crippen LogP contribution in [0.4, 0.5) is 5.69 Å². The van der Waals surface area contributed by atoms with Gasteiger partial charge in [0.1, 0.15) is 16.2 Å². The van der Waals surface area contributed by atoms with E-state index in [1.54, 1.807) is 56.7 Å². The molecule has 0 unspecified atom stereocenters. The molecular weight excluding hydrogens is 434 g/mol. The molecule has 158 valence electrons. The molecule has 0 saturated heterocycles. The van der Waals surface area contributed by atoms with Crippen molar-refractivity contribution in [1.29, 1.82) is 0 Å². The summed E-state index contributed by atoms with van der Waals surface area (Å²) >= 11 is 2.54. The summed E-state index contributed by atoms with van der Waals surface area (Å²) in [7, 11) is 3.13. The summed E-state index contributed by atoms with van der Waals surface area (Å²) in [6, 6.07) is 16.1. The maximum Gasteiger partial charge on any atom is 0.276 e. The van der Waals surface area contributed by atoms with Crippen LogP contribution in [0.2, 0.25) is 0 Å². The molecule has 4 rings (SSSR count). The fraction of sp³-hybridized carbons (Fsp3) is 0.136. The third-order valence-electron chi connectivity index (χ3n) is 4.49. The highest BCUT2D eigenvalue weighted by Crippen LogP contribution is 2.26. The number of ether oxygens (including phenoxy) is 2. The van der Waals surface area contributed by atoms with E-state index in [-0.39, 0.29) is 17.2 Å². The van der Waals surface area contributed by atoms with Gasteiger partial charge in [-0.25, -0.2) is 4.98 Å². The van der Waals surface area contributed by atoms with Crippen molar-refractivity contribution >= 4 is 44.9 Å². The SMILES string of the molecule is COc1ccc(-n2c(SCC(=O)Nc3ccccc3OC)nc3ccsc3c2=O)cc1. The molecule has 0 bridgehead atoms. The molecule has 0 atom stereocenters. The highest BCUT2D eigenvalue weighted by atomic mass is 32.2. The van der Waals surface area contributed by atoms with E-state index in [1.165, 1.54) is 27.7 Å². The largest absolute Gasteiger partial charge is 0.497 e. The van der Waals surface area contributed by atoms with Crippen LogP contribution in [0, 0.1) is 0 Å². The van der Waals surface area contributed by atoms with E-state index >= 15 is 0 Å². The highest BCUT2D eigenvalue weighted by molar-refractivity contribution is 7.99. The summed E-state index contributed by atoms with van der Waals surface area (Å²) < 4.78 is 12.6. The van der Waals surface area contributed by atoms with Crippen LogP contribution in [0.15, 0.2) is 69.9 Å². The quantitative estimate of drug-likeness (QED) is 0.334. The molecule has 1 N–H and O–H groups in total. The van der Waals surface area contributed by atoms with Gasteiger partial charge in [0.25, 0.3) is 5.56 Å². The van der Waals surface area contributed by atoms with Gasteiger partial charge < -0.3 is 14.8 Å². The number of nitrogens with zero attached hydrogens (tertiary/aromatic N) is 2. The van der Waals surface area contributed by atoms with Gasteiger partial charge in [0.15, 0.2) is 5.16 Å². The summed E-state index contributed by atoms with van der Waals surface area (Å²) in [5.41, 5.74) is 1.69. The molecule has 0 aliphatic heterocycles. The zero-order valence-corrected chi connectivity index (χ0v) is 18.5. The molecule has 7 nitrogen and oxygen atoms in total. The number of para-hydroxylation sites is 2. The summed E-state index contributed by atoms with van der Waals surface area (Å²) in [6.45, 7) is 0. The van der Waals surface area contributed by atoms with E-state index in [0.29, 0.717) is 38.2 Å². The minimum absolute atomic E-state index is 0.0796. The topological polar surface area (TPSA) is 82.4 Å². The van der Waals surface area contributed by atoms with E-state index in [4.69, 9.17) is 9.47 Å². The number of aromatic nitrogens is 2. The average molecular weight is 454 g/mol. The fourth-order valence-electron chi connectivity index (χ4n) is 3.01. The van der Waals surface area contributed by atoms with Gasteiger partial charge >= 0.3 is 0 Å². The molecule has 31 heavy (non-hydrogen) atoms. The number of anilines is 1. The molecular formula is C22H19N3O4S2. The Balaban J connectivity index is 1.63. The first-order valence-corrected chi connectivity index (χ1v) is 11.2. The lowest BCUT2D eigenvalue weighted by molar-refractivity contribution is -0.113. The van der Waals surface area contributed by atoms with E-state index in [9.17, 15) is 9.59 Å². The van der Waals surface area contributed by atoms with Gasteiger partial charge in [-0.3, -0.25) is 14.2 Å². The molecule has 0 fully saturated rings. The maximum atomic E-state index is 13.2. The molecule has 2 aromatic carbocycles. The normalized spacial score (nSPS) is 10.8. The highest BCUT2D eigenvalue weighted by Gasteiger charge is 2.16. The van der Waals surface area contributed by atoms with Crippen molar-refractivity contribution in [3.05, 3.63) is 70.3 Å². The van der Waals surface area contributed by atoms with Gasteiger partial charge in [-0.15, -0.1) is 11.3 Å². The van der Waals surface area contributed by atoms with Gasteiger partial charge in [-0.2, -0.15) is 0 Å². The Morgan fingerprint density at radius 1 is 1.10 bits per heavy atom. The van der Waals surface area contributed by atoms with Crippen LogP contribution in [0.1, 0.15) is 0 Å². The summed E-state index contributed by atoms with van der Waals surface area (Å²) in [5, 5.41) is 5.11. The van der Waals surface area contributed by atoms with E-state index in [1.807, 2.05) is 17.5 Å². The second kappa shape index (κ2) is 9.23. The number of rotatable bonds is 7. The Labute approximate surface area is 186 Å². The Hall–Kier alpha value is -3.30. The van der Waals surface area contributed by atoms with E-state index in [0.717, 1.165) is 0 Å². The molecule has 4 aromatic rings. The summed E-state index contributed by atoms with van der Waals surface area (Å²) in [6.07, 6.45) is 0. The van der Waals surface area contributed by atoms with Crippen LogP contribution in [-0.4, -0.2) is 35.4 Å². The zero-order chi connectivity index (χ0) is 21.8. The first-order chi connectivity index (χ1) is 15.1. The molecule has 0 spiro atoms. The van der Waals surface area contributed by atoms with Crippen LogP contribution in [0.5, 0.6) is 11.5 Å². The molecule has 0 aliphatic carbocycles. The smallest absolute Gasteiger partial charge is 0.276 e. The number of fused-ring (bicyclic) bond motifs is 1. The van der Waals surface area contributed by atoms with Gasteiger partial charge in [0.05, 0.1) is 36.9 Å². The van der Waals surface area contributed by atoms with Gasteiger partial charge in [-0.1, -0.05) is 23.9 Å². The van der Waals surface area contributed by atoms with Crippen molar-refractivity contribution in [3.63, 3.8) is 0 Å². The predicted octanol–water partition coefficient (Wildman–Crippen LogP) is 4.20. The number of thioether (sulfide) groups is 1. The second-order valence-electron chi connectivity index (χ2n) is 6.41. The Bertz CT molecular complexity index is 1280. The third kappa shape index (κ3) is 4.42. The van der Waals surface area contributed by atoms with Crippen molar-refractivity contribution < 1.29 is 14.3 Å². The van der Waals surface area contributed by atoms with Crippen LogP contribution < -0.4 is 20.3 Å². The second-order valence-corrected chi connectivity index (χ2v) is 8.26. The molecule has 0 aliphatic rings. The predicted molar refractivity (Wildman–Crippen MR) is 124 cm³/mol. The van der Waals surface area contributed by atoms with Crippen LogP contribution in [0.25, 0.3) is 15.9 Å². The number of amides is 1. The summed E-state index contributed by atoms with van der Waals surface area (Å²) in [4.78, 5) is 30.4. The number of benzene rings is 2. The molecule has 9 heteroatoms. The lowest BCUT2D eigenvalue weighted by Crippen LogP contribution is -2.22. The number of methoxy groups -OCH3 is 2. The maximum absolute atomic E-state index is 13.2. The standard InChI is InChI=1S/C22H19N3O4S2/c1-28-15-9-7-14(8-10-15)25-21(27)20-17(11-12-30-20)24-22(25)31-13-19(26)23-16-5-3-4-6-18(16)29-2/h3-12H,13H2,1-2H3,(H,23,26). The first-order valence-electron chi connectivity index (χ1n) is 9.31. The number of carbonyl (C=O) groups excluding carboxylic acids is 1. The van der Waals surface area contributed by atoms with Gasteiger partial charge in [0, 0.05) is 0 Å². The van der Waals surface area contributed by atoms with Crippen molar-refractivity contribution in [3.8, 4) is 17.2 Å². The average Bonchev–Trinajstić information content (AvgIpc) is 3.27. The van der Waals surface area contributed by atoms with Crippen LogP contribution in [0.3, 0.4) is 0 Å². The van der Waals surface area contributed by atoms with E-state index in [2.05, 4.69) is 10.3 Å². The van der Waals surface area contributed by atoms with Crippen molar-refractivity contribution in [2.75, 3.05) is 25.3 Å². The molecule has 0 radical (unpaired) electrons. The lowest BCUT2D eigenvalue weighted by Gasteiger charge is -2.13. The number of carbonyl (C=O) groups is 1. The number of nitrogens with one attached hydrogen (secondary N) is 1. The zero-order valence-electron chi connectivity index (χ0n) is 16.8. The fourth-order valence-corrected chi connectivity index (χ4v) is 4.58. The van der Waals surface area contributed by atoms with Crippen LogP contribution >= 0.6 is 23.1 Å². The monoisotopic (exact) mass is 453 g/mol. The Morgan fingerprint density at radius 3 is 2.61 bits per heavy atom. The minimum Gasteiger partial charge on any atom is -0.497 e.